The molecule has 0 saturated heterocycles. The van der Waals surface area contributed by atoms with E-state index in [4.69, 9.17) is 4.74 Å². The summed E-state index contributed by atoms with van der Waals surface area (Å²) in [5.41, 5.74) is 1.37. The number of carbonyl (C=O) groups excluding carboxylic acids is 1. The van der Waals surface area contributed by atoms with Gasteiger partial charge in [0.15, 0.2) is 0 Å². The van der Waals surface area contributed by atoms with Crippen LogP contribution in [0.1, 0.15) is 50.5 Å². The van der Waals surface area contributed by atoms with Gasteiger partial charge in [0.2, 0.25) is 5.91 Å². The molecule has 3 nitrogen and oxygen atoms in total. The van der Waals surface area contributed by atoms with Crippen molar-refractivity contribution in [2.45, 2.75) is 51.5 Å². The third kappa shape index (κ3) is 2.98. The molecule has 5 rings (SSSR count). The van der Waals surface area contributed by atoms with Gasteiger partial charge in [-0.15, -0.1) is 0 Å². The molecule has 0 aromatic heterocycles. The number of methoxy groups -OCH3 is 1. The maximum Gasteiger partial charge on any atom is 0.220 e. The summed E-state index contributed by atoms with van der Waals surface area (Å²) in [6.45, 7) is 0.565. The smallest absolute Gasteiger partial charge is 0.220 e. The molecule has 0 heterocycles. The second-order valence-corrected chi connectivity index (χ2v) is 8.18. The minimum Gasteiger partial charge on any atom is -0.496 e. The fourth-order valence-corrected chi connectivity index (χ4v) is 5.95. The molecule has 1 N–H and O–H groups in total. The number of hydrogen-bond acceptors (Lipinski definition) is 2. The number of para-hydroxylation sites is 1. The highest BCUT2D eigenvalue weighted by atomic mass is 16.5. The topological polar surface area (TPSA) is 38.3 Å². The molecule has 0 unspecified atom stereocenters. The van der Waals surface area contributed by atoms with Gasteiger partial charge in [-0.1, -0.05) is 18.2 Å². The van der Waals surface area contributed by atoms with Crippen LogP contribution in [0.15, 0.2) is 24.3 Å². The Hall–Kier alpha value is -1.51. The van der Waals surface area contributed by atoms with Crippen LogP contribution in [0, 0.1) is 23.2 Å². The van der Waals surface area contributed by atoms with Crippen molar-refractivity contribution < 1.29 is 9.53 Å². The van der Waals surface area contributed by atoms with Gasteiger partial charge in [0, 0.05) is 18.5 Å². The van der Waals surface area contributed by atoms with E-state index >= 15 is 0 Å². The number of ether oxygens (including phenoxy) is 1. The summed E-state index contributed by atoms with van der Waals surface area (Å²) >= 11 is 0. The van der Waals surface area contributed by atoms with Gasteiger partial charge in [-0.05, 0) is 67.8 Å². The van der Waals surface area contributed by atoms with Gasteiger partial charge in [0.1, 0.15) is 5.75 Å². The van der Waals surface area contributed by atoms with E-state index in [0.717, 1.165) is 35.5 Å². The van der Waals surface area contributed by atoms with Crippen molar-refractivity contribution >= 4 is 5.91 Å². The van der Waals surface area contributed by atoms with Gasteiger partial charge in [-0.2, -0.15) is 0 Å². The molecule has 1 amide bonds. The number of carbonyl (C=O) groups is 1. The van der Waals surface area contributed by atoms with E-state index in [2.05, 4.69) is 5.32 Å². The molecule has 1 aromatic carbocycles. The van der Waals surface area contributed by atoms with Crippen LogP contribution in [0.4, 0.5) is 0 Å². The second kappa shape index (κ2) is 5.85. The Morgan fingerprint density at radius 3 is 2.35 bits per heavy atom. The first-order valence-corrected chi connectivity index (χ1v) is 9.04. The lowest BCUT2D eigenvalue weighted by Crippen LogP contribution is -2.47. The van der Waals surface area contributed by atoms with Crippen LogP contribution < -0.4 is 10.1 Å². The first kappa shape index (κ1) is 15.0. The molecule has 4 aliphatic rings. The number of nitrogens with one attached hydrogen (secondary N) is 1. The van der Waals surface area contributed by atoms with Gasteiger partial charge >= 0.3 is 0 Å². The molecule has 4 aliphatic carbocycles. The molecule has 0 aliphatic heterocycles. The van der Waals surface area contributed by atoms with E-state index in [1.165, 1.54) is 38.5 Å². The summed E-state index contributed by atoms with van der Waals surface area (Å²) in [7, 11) is 1.68. The lowest BCUT2D eigenvalue weighted by Gasteiger charge is -2.56. The Morgan fingerprint density at radius 2 is 1.74 bits per heavy atom. The fourth-order valence-electron chi connectivity index (χ4n) is 5.95. The molecule has 4 bridgehead atoms. The Labute approximate surface area is 138 Å². The summed E-state index contributed by atoms with van der Waals surface area (Å²) in [6, 6.07) is 7.91. The van der Waals surface area contributed by atoms with Crippen molar-refractivity contribution in [3.8, 4) is 5.75 Å². The Bertz CT molecular complexity index is 560. The SMILES string of the molecule is COc1ccccc1CNC(=O)CC12CC3CC(CC(C3)C1)C2. The fraction of sp³-hybridized carbons (Fsp3) is 0.650. The van der Waals surface area contributed by atoms with Crippen LogP contribution in [0.2, 0.25) is 0 Å². The van der Waals surface area contributed by atoms with Crippen LogP contribution in [-0.2, 0) is 11.3 Å². The van der Waals surface area contributed by atoms with Crippen LogP contribution in [0.5, 0.6) is 5.75 Å². The maximum atomic E-state index is 12.5. The zero-order valence-electron chi connectivity index (χ0n) is 14.0. The van der Waals surface area contributed by atoms with Gasteiger partial charge < -0.3 is 10.1 Å². The summed E-state index contributed by atoms with van der Waals surface area (Å²) in [5.74, 6) is 3.79. The third-order valence-electron chi connectivity index (χ3n) is 6.37. The summed E-state index contributed by atoms with van der Waals surface area (Å²) in [4.78, 5) is 12.5. The zero-order valence-corrected chi connectivity index (χ0v) is 14.0. The number of hydrogen-bond donors (Lipinski definition) is 1. The van der Waals surface area contributed by atoms with Gasteiger partial charge in [-0.25, -0.2) is 0 Å². The van der Waals surface area contributed by atoms with Crippen LogP contribution in [0.3, 0.4) is 0 Å². The van der Waals surface area contributed by atoms with Crippen molar-refractivity contribution in [3.63, 3.8) is 0 Å². The quantitative estimate of drug-likeness (QED) is 0.895. The van der Waals surface area contributed by atoms with E-state index in [0.29, 0.717) is 12.0 Å². The molecule has 4 fully saturated rings. The Balaban J connectivity index is 1.37. The molecule has 1 aromatic rings. The number of amides is 1. The van der Waals surface area contributed by atoms with E-state index < -0.39 is 0 Å². The van der Waals surface area contributed by atoms with E-state index in [-0.39, 0.29) is 5.91 Å². The molecule has 0 radical (unpaired) electrons. The average molecular weight is 313 g/mol. The lowest BCUT2D eigenvalue weighted by molar-refractivity contribution is -0.129. The normalized spacial score (nSPS) is 34.4. The monoisotopic (exact) mass is 313 g/mol. The van der Waals surface area contributed by atoms with Crippen molar-refractivity contribution in [1.82, 2.24) is 5.32 Å². The standard InChI is InChI=1S/C20H27NO2/c1-23-18-5-3-2-4-17(18)13-21-19(22)12-20-9-14-6-15(10-20)8-16(7-14)11-20/h2-5,14-16H,6-13H2,1H3,(H,21,22). The minimum absolute atomic E-state index is 0.220. The first-order chi connectivity index (χ1) is 11.2. The highest BCUT2D eigenvalue weighted by Gasteiger charge is 2.51. The average Bonchev–Trinajstić information content (AvgIpc) is 2.51. The second-order valence-electron chi connectivity index (χ2n) is 8.18. The Kier molecular flexibility index (Phi) is 3.82. The van der Waals surface area contributed by atoms with Crippen molar-refractivity contribution in [1.29, 1.82) is 0 Å². The molecule has 0 atom stereocenters. The Morgan fingerprint density at radius 1 is 1.13 bits per heavy atom. The molecule has 0 spiro atoms. The minimum atomic E-state index is 0.220. The van der Waals surface area contributed by atoms with E-state index in [1.54, 1.807) is 7.11 Å². The molecule has 4 saturated carbocycles. The van der Waals surface area contributed by atoms with Gasteiger partial charge in [0.25, 0.3) is 0 Å². The van der Waals surface area contributed by atoms with Crippen LogP contribution in [-0.4, -0.2) is 13.0 Å². The maximum absolute atomic E-state index is 12.5. The highest BCUT2D eigenvalue weighted by molar-refractivity contribution is 5.76. The van der Waals surface area contributed by atoms with Crippen LogP contribution in [0.25, 0.3) is 0 Å². The van der Waals surface area contributed by atoms with E-state index in [9.17, 15) is 4.79 Å². The van der Waals surface area contributed by atoms with Crippen molar-refractivity contribution in [2.75, 3.05) is 7.11 Å². The summed E-state index contributed by atoms with van der Waals surface area (Å²) < 4.78 is 5.36. The lowest BCUT2D eigenvalue weighted by atomic mass is 9.49. The van der Waals surface area contributed by atoms with Crippen molar-refractivity contribution in [2.24, 2.45) is 23.2 Å². The summed E-state index contributed by atoms with van der Waals surface area (Å²) in [5, 5.41) is 3.13. The predicted molar refractivity (Wildman–Crippen MR) is 90.1 cm³/mol. The third-order valence-corrected chi connectivity index (χ3v) is 6.37. The van der Waals surface area contributed by atoms with Crippen LogP contribution >= 0.6 is 0 Å². The van der Waals surface area contributed by atoms with Crippen molar-refractivity contribution in [3.05, 3.63) is 29.8 Å². The van der Waals surface area contributed by atoms with Gasteiger partial charge in [0.05, 0.1) is 7.11 Å². The molecule has 124 valence electrons. The molecule has 3 heteroatoms. The first-order valence-electron chi connectivity index (χ1n) is 9.04. The number of rotatable bonds is 5. The molecular formula is C20H27NO2. The molecule has 23 heavy (non-hydrogen) atoms. The zero-order chi connectivity index (χ0) is 15.9. The number of benzene rings is 1. The molecular weight excluding hydrogens is 286 g/mol. The highest BCUT2D eigenvalue weighted by Crippen LogP contribution is 2.61. The summed E-state index contributed by atoms with van der Waals surface area (Å²) in [6.07, 6.45) is 8.90. The predicted octanol–water partition coefficient (Wildman–Crippen LogP) is 3.92. The largest absolute Gasteiger partial charge is 0.496 e. The van der Waals surface area contributed by atoms with Gasteiger partial charge in [-0.3, -0.25) is 4.79 Å². The van der Waals surface area contributed by atoms with E-state index in [1.807, 2.05) is 24.3 Å².